The number of fused-ring (bicyclic) bond motifs is 1. The van der Waals surface area contributed by atoms with Crippen LogP contribution in [0.25, 0.3) is 17.0 Å². The van der Waals surface area contributed by atoms with Gasteiger partial charge in [0.15, 0.2) is 5.78 Å². The van der Waals surface area contributed by atoms with E-state index in [9.17, 15) is 13.6 Å². The fourth-order valence-corrected chi connectivity index (χ4v) is 2.40. The molecule has 0 N–H and O–H groups in total. The molecular formula is C18H10ClF2NO. The summed E-state index contributed by atoms with van der Waals surface area (Å²) in [4.78, 5) is 16.4. The van der Waals surface area contributed by atoms with Gasteiger partial charge in [0.25, 0.3) is 0 Å². The molecule has 0 spiro atoms. The number of hydrogen-bond donors (Lipinski definition) is 0. The van der Waals surface area contributed by atoms with Gasteiger partial charge in [0.1, 0.15) is 16.8 Å². The van der Waals surface area contributed by atoms with Crippen molar-refractivity contribution in [1.82, 2.24) is 4.98 Å². The van der Waals surface area contributed by atoms with E-state index in [1.807, 2.05) is 18.2 Å². The monoisotopic (exact) mass is 329 g/mol. The molecule has 0 atom stereocenters. The maximum absolute atomic E-state index is 13.5. The Hall–Kier alpha value is -2.59. The Labute approximate surface area is 136 Å². The molecule has 0 amide bonds. The lowest BCUT2D eigenvalue weighted by atomic mass is 10.1. The van der Waals surface area contributed by atoms with Crippen LogP contribution in [0.5, 0.6) is 0 Å². The first kappa shape index (κ1) is 15.3. The third-order valence-corrected chi connectivity index (χ3v) is 3.61. The van der Waals surface area contributed by atoms with Gasteiger partial charge in [0, 0.05) is 17.0 Å². The summed E-state index contributed by atoms with van der Waals surface area (Å²) < 4.78 is 26.4. The van der Waals surface area contributed by atoms with Gasteiger partial charge >= 0.3 is 0 Å². The third-order valence-electron chi connectivity index (χ3n) is 3.32. The number of halogens is 3. The molecule has 0 aliphatic rings. The van der Waals surface area contributed by atoms with Crippen molar-refractivity contribution >= 4 is 34.4 Å². The predicted molar refractivity (Wildman–Crippen MR) is 86.5 cm³/mol. The van der Waals surface area contributed by atoms with E-state index < -0.39 is 17.4 Å². The van der Waals surface area contributed by atoms with E-state index in [-0.39, 0.29) is 16.3 Å². The largest absolute Gasteiger partial charge is 0.289 e. The van der Waals surface area contributed by atoms with Gasteiger partial charge in [-0.15, -0.1) is 0 Å². The highest BCUT2D eigenvalue weighted by Crippen LogP contribution is 2.21. The standard InChI is InChI=1S/C18H10ClF2NO/c19-18-14(9-12-3-1-2-4-16(12)22-18)17(23)8-6-11-5-7-13(20)10-15(11)21/h1-10H/b8-6+. The molecule has 0 radical (unpaired) electrons. The number of para-hydroxylation sites is 1. The van der Waals surface area contributed by atoms with Gasteiger partial charge in [-0.2, -0.15) is 0 Å². The Morgan fingerprint density at radius 3 is 2.65 bits per heavy atom. The number of rotatable bonds is 3. The van der Waals surface area contributed by atoms with Crippen LogP contribution in [0, 0.1) is 11.6 Å². The number of hydrogen-bond acceptors (Lipinski definition) is 2. The van der Waals surface area contributed by atoms with E-state index in [0.717, 1.165) is 17.5 Å². The molecule has 0 saturated carbocycles. The van der Waals surface area contributed by atoms with Gasteiger partial charge in [-0.1, -0.05) is 29.8 Å². The minimum Gasteiger partial charge on any atom is -0.289 e. The first-order valence-electron chi connectivity index (χ1n) is 6.77. The SMILES string of the molecule is O=C(/C=C/c1ccc(F)cc1F)c1cc2ccccc2nc1Cl. The Bertz CT molecular complexity index is 937. The lowest BCUT2D eigenvalue weighted by Gasteiger charge is -2.03. The molecule has 0 saturated heterocycles. The van der Waals surface area contributed by atoms with Crippen LogP contribution in [-0.2, 0) is 0 Å². The Morgan fingerprint density at radius 2 is 1.87 bits per heavy atom. The number of ketones is 1. The summed E-state index contributed by atoms with van der Waals surface area (Å²) in [6.45, 7) is 0. The molecule has 1 heterocycles. The quantitative estimate of drug-likeness (QED) is 0.382. The summed E-state index contributed by atoms with van der Waals surface area (Å²) in [7, 11) is 0. The average molecular weight is 330 g/mol. The maximum Gasteiger partial charge on any atom is 0.188 e. The third kappa shape index (κ3) is 3.27. The van der Waals surface area contributed by atoms with Gasteiger partial charge in [0.05, 0.1) is 11.1 Å². The molecule has 0 aliphatic carbocycles. The Kier molecular flexibility index (Phi) is 4.17. The number of carbonyl (C=O) groups is 1. The predicted octanol–water partition coefficient (Wildman–Crippen LogP) is 5.06. The molecule has 1 aromatic heterocycles. The molecule has 114 valence electrons. The Morgan fingerprint density at radius 1 is 1.09 bits per heavy atom. The van der Waals surface area contributed by atoms with E-state index in [4.69, 9.17) is 11.6 Å². The topological polar surface area (TPSA) is 30.0 Å². The number of carbonyl (C=O) groups excluding carboxylic acids is 1. The zero-order valence-corrected chi connectivity index (χ0v) is 12.5. The zero-order chi connectivity index (χ0) is 16.4. The smallest absolute Gasteiger partial charge is 0.188 e. The van der Waals surface area contributed by atoms with Crippen molar-refractivity contribution in [2.45, 2.75) is 0 Å². The second-order valence-corrected chi connectivity index (χ2v) is 5.24. The highest BCUT2D eigenvalue weighted by atomic mass is 35.5. The van der Waals surface area contributed by atoms with Crippen LogP contribution in [0.3, 0.4) is 0 Å². The highest BCUT2D eigenvalue weighted by Gasteiger charge is 2.11. The van der Waals surface area contributed by atoms with Crippen LogP contribution >= 0.6 is 11.6 Å². The molecule has 2 aromatic carbocycles. The van der Waals surface area contributed by atoms with Crippen molar-refractivity contribution in [3.63, 3.8) is 0 Å². The zero-order valence-electron chi connectivity index (χ0n) is 11.8. The van der Waals surface area contributed by atoms with Gasteiger partial charge in [0.2, 0.25) is 0 Å². The van der Waals surface area contributed by atoms with E-state index in [1.165, 1.54) is 18.2 Å². The van der Waals surface area contributed by atoms with Crippen LogP contribution in [0.2, 0.25) is 5.15 Å². The number of aromatic nitrogens is 1. The molecule has 23 heavy (non-hydrogen) atoms. The fourth-order valence-electron chi connectivity index (χ4n) is 2.16. The summed E-state index contributed by atoms with van der Waals surface area (Å²) in [6, 6.07) is 12.0. The summed E-state index contributed by atoms with van der Waals surface area (Å²) in [5, 5.41) is 0.861. The van der Waals surface area contributed by atoms with E-state index in [1.54, 1.807) is 12.1 Å². The normalized spacial score (nSPS) is 11.3. The highest BCUT2D eigenvalue weighted by molar-refractivity contribution is 6.34. The maximum atomic E-state index is 13.5. The van der Waals surface area contributed by atoms with Crippen molar-refractivity contribution in [1.29, 1.82) is 0 Å². The second-order valence-electron chi connectivity index (χ2n) is 4.88. The van der Waals surface area contributed by atoms with Crippen LogP contribution in [-0.4, -0.2) is 10.8 Å². The molecule has 0 aliphatic heterocycles. The molecular weight excluding hydrogens is 320 g/mol. The number of allylic oxidation sites excluding steroid dienone is 1. The van der Waals surface area contributed by atoms with Gasteiger partial charge in [-0.05, 0) is 36.4 Å². The molecule has 0 fully saturated rings. The number of benzene rings is 2. The van der Waals surface area contributed by atoms with Crippen molar-refractivity contribution in [2.75, 3.05) is 0 Å². The number of pyridine rings is 1. The Balaban J connectivity index is 1.94. The average Bonchev–Trinajstić information content (AvgIpc) is 2.53. The van der Waals surface area contributed by atoms with Crippen molar-refractivity contribution < 1.29 is 13.6 Å². The number of nitrogens with zero attached hydrogens (tertiary/aromatic N) is 1. The van der Waals surface area contributed by atoms with E-state index in [2.05, 4.69) is 4.98 Å². The van der Waals surface area contributed by atoms with Crippen LogP contribution in [0.1, 0.15) is 15.9 Å². The van der Waals surface area contributed by atoms with Crippen LogP contribution in [0.4, 0.5) is 8.78 Å². The molecule has 3 rings (SSSR count). The molecule has 2 nitrogen and oxygen atoms in total. The second kappa shape index (κ2) is 6.26. The minimum absolute atomic E-state index is 0.0814. The van der Waals surface area contributed by atoms with Gasteiger partial charge < -0.3 is 0 Å². The molecule has 3 aromatic rings. The van der Waals surface area contributed by atoms with E-state index in [0.29, 0.717) is 5.52 Å². The lowest BCUT2D eigenvalue weighted by molar-refractivity contribution is 0.104. The van der Waals surface area contributed by atoms with Crippen molar-refractivity contribution in [2.24, 2.45) is 0 Å². The van der Waals surface area contributed by atoms with Gasteiger partial charge in [-0.25, -0.2) is 13.8 Å². The lowest BCUT2D eigenvalue weighted by Crippen LogP contribution is -1.98. The van der Waals surface area contributed by atoms with Gasteiger partial charge in [-0.3, -0.25) is 4.79 Å². The summed E-state index contributed by atoms with van der Waals surface area (Å²) >= 11 is 6.04. The van der Waals surface area contributed by atoms with Crippen molar-refractivity contribution in [3.8, 4) is 0 Å². The van der Waals surface area contributed by atoms with E-state index >= 15 is 0 Å². The first-order valence-corrected chi connectivity index (χ1v) is 7.15. The minimum atomic E-state index is -0.739. The summed E-state index contributed by atoms with van der Waals surface area (Å²) in [5.74, 6) is -1.82. The first-order chi connectivity index (χ1) is 11.0. The van der Waals surface area contributed by atoms with Crippen molar-refractivity contribution in [3.05, 3.63) is 82.5 Å². The molecule has 0 bridgehead atoms. The molecule has 0 unspecified atom stereocenters. The summed E-state index contributed by atoms with van der Waals surface area (Å²) in [5.41, 5.74) is 1.02. The summed E-state index contributed by atoms with van der Waals surface area (Å²) in [6.07, 6.45) is 2.47. The fraction of sp³-hybridized carbons (Fsp3) is 0. The van der Waals surface area contributed by atoms with Crippen LogP contribution < -0.4 is 0 Å². The van der Waals surface area contributed by atoms with Crippen LogP contribution in [0.15, 0.2) is 54.6 Å². The molecule has 5 heteroatoms.